The number of fused-ring (bicyclic) bond motifs is 1. The molecular formula is C31H51NO9. The van der Waals surface area contributed by atoms with E-state index in [-0.39, 0.29) is 42.8 Å². The molecule has 0 bridgehead atoms. The Labute approximate surface area is 244 Å². The highest BCUT2D eigenvalue weighted by Crippen LogP contribution is 2.45. The fourth-order valence-corrected chi connectivity index (χ4v) is 6.50. The Kier molecular flexibility index (Phi) is 11.7. The van der Waals surface area contributed by atoms with Crippen molar-refractivity contribution in [3.8, 4) is 0 Å². The first-order valence-corrected chi connectivity index (χ1v) is 15.1. The van der Waals surface area contributed by atoms with E-state index in [2.05, 4.69) is 0 Å². The molecule has 0 amide bonds. The third kappa shape index (κ3) is 8.24. The lowest BCUT2D eigenvalue weighted by Gasteiger charge is -2.44. The van der Waals surface area contributed by atoms with Gasteiger partial charge in [0.05, 0.1) is 30.8 Å². The fourth-order valence-electron chi connectivity index (χ4n) is 6.50. The van der Waals surface area contributed by atoms with Gasteiger partial charge in [-0.1, -0.05) is 27.7 Å². The number of aldehydes is 1. The number of carbonyl (C=O) groups excluding carboxylic acids is 3. The highest BCUT2D eigenvalue weighted by Gasteiger charge is 2.55. The minimum Gasteiger partial charge on any atom is -0.462 e. The first kappa shape index (κ1) is 33.8. The summed E-state index contributed by atoms with van der Waals surface area (Å²) in [5, 5.41) is 22.4. The van der Waals surface area contributed by atoms with E-state index in [0.717, 1.165) is 6.29 Å². The molecule has 3 heterocycles. The van der Waals surface area contributed by atoms with E-state index < -0.39 is 60.0 Å². The summed E-state index contributed by atoms with van der Waals surface area (Å²) in [6.45, 7) is 11.3. The zero-order valence-electron chi connectivity index (χ0n) is 25.9. The van der Waals surface area contributed by atoms with Crippen LogP contribution in [0.4, 0.5) is 0 Å². The van der Waals surface area contributed by atoms with Crippen LogP contribution < -0.4 is 0 Å². The van der Waals surface area contributed by atoms with Gasteiger partial charge in [-0.15, -0.1) is 0 Å². The molecule has 10 heteroatoms. The van der Waals surface area contributed by atoms with Gasteiger partial charge in [-0.2, -0.15) is 0 Å². The number of ketones is 1. The Morgan fingerprint density at radius 3 is 2.41 bits per heavy atom. The van der Waals surface area contributed by atoms with Crippen molar-refractivity contribution in [2.24, 2.45) is 23.7 Å². The lowest BCUT2D eigenvalue weighted by atomic mass is 9.79. The van der Waals surface area contributed by atoms with E-state index in [1.807, 2.05) is 53.6 Å². The lowest BCUT2D eigenvalue weighted by molar-refractivity contribution is -0.283. The number of carbonyl (C=O) groups is 3. The maximum absolute atomic E-state index is 13.2. The summed E-state index contributed by atoms with van der Waals surface area (Å²) in [4.78, 5) is 40.0. The molecule has 13 atom stereocenters. The second-order valence-electron chi connectivity index (χ2n) is 12.9. The van der Waals surface area contributed by atoms with Crippen molar-refractivity contribution in [1.82, 2.24) is 4.90 Å². The molecule has 0 aromatic rings. The second kappa shape index (κ2) is 14.2. The molecule has 0 aliphatic carbocycles. The van der Waals surface area contributed by atoms with Crippen LogP contribution in [-0.2, 0) is 33.3 Å². The molecule has 0 aromatic carbocycles. The zero-order valence-corrected chi connectivity index (χ0v) is 25.9. The number of rotatable bonds is 6. The molecule has 3 aliphatic heterocycles. The Bertz CT molecular complexity index is 941. The van der Waals surface area contributed by atoms with E-state index in [9.17, 15) is 24.6 Å². The normalized spacial score (nSPS) is 45.5. The number of nitrogens with zero attached hydrogens (tertiary/aromatic N) is 1. The maximum atomic E-state index is 13.2. The molecule has 0 radical (unpaired) electrons. The van der Waals surface area contributed by atoms with E-state index in [1.54, 1.807) is 19.1 Å². The van der Waals surface area contributed by atoms with Gasteiger partial charge in [-0.25, -0.2) is 0 Å². The summed E-state index contributed by atoms with van der Waals surface area (Å²) >= 11 is 0. The van der Waals surface area contributed by atoms with Crippen LogP contribution in [0.15, 0.2) is 12.2 Å². The zero-order chi connectivity index (χ0) is 30.6. The molecule has 0 unspecified atom stereocenters. The first-order valence-electron chi connectivity index (χ1n) is 15.1. The van der Waals surface area contributed by atoms with Gasteiger partial charge in [-0.3, -0.25) is 9.59 Å². The van der Waals surface area contributed by atoms with Crippen molar-refractivity contribution in [3.05, 3.63) is 12.2 Å². The predicted molar refractivity (Wildman–Crippen MR) is 152 cm³/mol. The van der Waals surface area contributed by atoms with E-state index in [1.165, 1.54) is 0 Å². The van der Waals surface area contributed by atoms with Crippen molar-refractivity contribution in [2.75, 3.05) is 14.1 Å². The summed E-state index contributed by atoms with van der Waals surface area (Å²) in [5.74, 6) is -2.32. The fraction of sp³-hybridized carbons (Fsp3) is 0.839. The average molecular weight is 582 g/mol. The van der Waals surface area contributed by atoms with Crippen LogP contribution in [0.5, 0.6) is 0 Å². The number of allylic oxidation sites excluding steroid dienone is 1. The summed E-state index contributed by atoms with van der Waals surface area (Å²) < 4.78 is 24.2. The number of esters is 1. The van der Waals surface area contributed by atoms with E-state index in [0.29, 0.717) is 19.3 Å². The molecule has 0 aromatic heterocycles. The molecule has 2 fully saturated rings. The SMILES string of the molecule is CC[C@H]1OC(=O)C[C@@H](O)[C@@H](C)[C@@H](O[C@H]2O[C@@H](C)C[C@@H](N(C)C)[C@H]2O)[C@@H](CC=O)C[C@@H](C)C(=O)/C=C\[C@]2(C)O[C@@H]2[C@H]1C. The van der Waals surface area contributed by atoms with Gasteiger partial charge in [0.1, 0.15) is 24.1 Å². The molecular weight excluding hydrogens is 530 g/mol. The molecule has 41 heavy (non-hydrogen) atoms. The number of likely N-dealkylation sites (N-methyl/N-ethyl adjacent to an activating group) is 1. The van der Waals surface area contributed by atoms with Crippen LogP contribution in [0, 0.1) is 23.7 Å². The van der Waals surface area contributed by atoms with Gasteiger partial charge in [0.25, 0.3) is 0 Å². The summed E-state index contributed by atoms with van der Waals surface area (Å²) in [6, 6.07) is -0.219. The minimum atomic E-state index is -1.15. The van der Waals surface area contributed by atoms with Gasteiger partial charge >= 0.3 is 5.97 Å². The highest BCUT2D eigenvalue weighted by atomic mass is 16.7. The highest BCUT2D eigenvalue weighted by molar-refractivity contribution is 5.91. The van der Waals surface area contributed by atoms with Crippen LogP contribution in [0.3, 0.4) is 0 Å². The van der Waals surface area contributed by atoms with Crippen molar-refractivity contribution in [1.29, 1.82) is 0 Å². The van der Waals surface area contributed by atoms with Crippen molar-refractivity contribution >= 4 is 18.0 Å². The summed E-state index contributed by atoms with van der Waals surface area (Å²) in [7, 11) is 3.76. The Hall–Kier alpha value is -1.69. The molecule has 2 N–H and O–H groups in total. The third-order valence-electron chi connectivity index (χ3n) is 9.29. The lowest BCUT2D eigenvalue weighted by Crippen LogP contribution is -2.56. The number of aliphatic hydroxyl groups excluding tert-OH is 2. The Morgan fingerprint density at radius 2 is 1.80 bits per heavy atom. The number of cyclic esters (lactones) is 1. The van der Waals surface area contributed by atoms with E-state index in [4.69, 9.17) is 18.9 Å². The second-order valence-corrected chi connectivity index (χ2v) is 12.9. The van der Waals surface area contributed by atoms with Gasteiger partial charge in [0.15, 0.2) is 12.1 Å². The first-order chi connectivity index (χ1) is 19.2. The maximum Gasteiger partial charge on any atom is 0.308 e. The largest absolute Gasteiger partial charge is 0.462 e. The van der Waals surface area contributed by atoms with Crippen LogP contribution in [-0.4, -0.2) is 102 Å². The average Bonchev–Trinajstić information content (AvgIpc) is 3.60. The molecule has 3 rings (SSSR count). The molecule has 0 saturated carbocycles. The van der Waals surface area contributed by atoms with Crippen LogP contribution in [0.1, 0.15) is 73.6 Å². The number of hydrogen-bond donors (Lipinski definition) is 2. The van der Waals surface area contributed by atoms with Crippen molar-refractivity contribution < 1.29 is 43.5 Å². The van der Waals surface area contributed by atoms with Gasteiger partial charge in [0.2, 0.25) is 0 Å². The third-order valence-corrected chi connectivity index (χ3v) is 9.29. The van der Waals surface area contributed by atoms with Crippen LogP contribution >= 0.6 is 0 Å². The molecule has 0 spiro atoms. The molecule has 3 aliphatic rings. The smallest absolute Gasteiger partial charge is 0.308 e. The summed E-state index contributed by atoms with van der Waals surface area (Å²) in [5.41, 5.74) is -0.637. The molecule has 2 saturated heterocycles. The number of hydrogen-bond acceptors (Lipinski definition) is 10. The standard InChI is InChI=1S/C31H51NO9/c1-9-25-20(5)29-31(6,41-29)12-10-23(34)17(2)14-21(11-13-33)28(19(4)24(35)16-26(36)39-25)40-30-27(37)22(32(7)8)15-18(3)38-30/h10,12-13,17-22,24-25,27-30,35,37H,9,11,14-16H2,1-8H3/b12-10-/t17-,18+,19-,20+,21+,22-,24-,25-,27-,28-,29-,30-,31+/m1/s1. The van der Waals surface area contributed by atoms with Gasteiger partial charge in [-0.05, 0) is 65.3 Å². The van der Waals surface area contributed by atoms with Crippen LogP contribution in [0.25, 0.3) is 0 Å². The molecule has 234 valence electrons. The topological polar surface area (TPSA) is 135 Å². The van der Waals surface area contributed by atoms with Crippen LogP contribution in [0.2, 0.25) is 0 Å². The summed E-state index contributed by atoms with van der Waals surface area (Å²) in [6.07, 6.45) is 0.627. The Morgan fingerprint density at radius 1 is 1.12 bits per heavy atom. The van der Waals surface area contributed by atoms with Crippen molar-refractivity contribution in [3.63, 3.8) is 0 Å². The monoisotopic (exact) mass is 581 g/mol. The Balaban J connectivity index is 1.95. The van der Waals surface area contributed by atoms with E-state index >= 15 is 0 Å². The minimum absolute atomic E-state index is 0.0707. The number of ether oxygens (including phenoxy) is 4. The quantitative estimate of drug-likeness (QED) is 0.274. The van der Waals surface area contributed by atoms with Gasteiger partial charge in [0, 0.05) is 30.2 Å². The predicted octanol–water partition coefficient (Wildman–Crippen LogP) is 2.67. The number of aliphatic hydroxyl groups is 2. The molecule has 10 nitrogen and oxygen atoms in total. The number of epoxide rings is 1. The van der Waals surface area contributed by atoms with Gasteiger partial charge < -0.3 is 38.9 Å². The van der Waals surface area contributed by atoms with Crippen molar-refractivity contribution in [2.45, 2.75) is 128 Å².